The Morgan fingerprint density at radius 2 is 1.86 bits per heavy atom. The molecular weight excluding hydrogens is 304 g/mol. The first-order valence-corrected chi connectivity index (χ1v) is 7.66. The fraction of sp³-hybridized carbons (Fsp3) is 0.286. The minimum absolute atomic E-state index is 0.0306. The van der Waals surface area contributed by atoms with Crippen molar-refractivity contribution in [1.29, 1.82) is 0 Å². The molecule has 0 saturated heterocycles. The van der Waals surface area contributed by atoms with E-state index in [0.29, 0.717) is 22.0 Å². The summed E-state index contributed by atoms with van der Waals surface area (Å²) in [6.07, 6.45) is 0.739. The molecule has 1 atom stereocenters. The highest BCUT2D eigenvalue weighted by atomic mass is 32.2. The first-order valence-electron chi connectivity index (χ1n) is 6.68. The fourth-order valence-corrected chi connectivity index (χ4v) is 3.04. The number of fused-ring (bicyclic) bond motifs is 1. The van der Waals surface area contributed by atoms with E-state index >= 15 is 0 Å². The predicted octanol–water partition coefficient (Wildman–Crippen LogP) is 0.564. The van der Waals surface area contributed by atoms with E-state index in [1.54, 1.807) is 42.2 Å². The summed E-state index contributed by atoms with van der Waals surface area (Å²) < 4.78 is 1.74. The zero-order valence-corrected chi connectivity index (χ0v) is 12.7. The molecule has 1 unspecified atom stereocenters. The van der Waals surface area contributed by atoms with Crippen LogP contribution in [0.5, 0.6) is 0 Å². The van der Waals surface area contributed by atoms with Gasteiger partial charge < -0.3 is 9.67 Å². The van der Waals surface area contributed by atoms with Gasteiger partial charge in [0, 0.05) is 12.8 Å². The smallest absolute Gasteiger partial charge is 0.261 e. The molecule has 2 amide bonds. The third-order valence-corrected chi connectivity index (χ3v) is 4.53. The van der Waals surface area contributed by atoms with Gasteiger partial charge in [0.15, 0.2) is 5.16 Å². The Morgan fingerprint density at radius 3 is 2.41 bits per heavy atom. The van der Waals surface area contributed by atoms with Crippen molar-refractivity contribution in [2.45, 2.75) is 11.3 Å². The van der Waals surface area contributed by atoms with Crippen LogP contribution in [0, 0.1) is 0 Å². The van der Waals surface area contributed by atoms with Crippen LogP contribution in [0.15, 0.2) is 35.7 Å². The van der Waals surface area contributed by atoms with Gasteiger partial charge in [0.05, 0.1) is 23.8 Å². The molecule has 1 N–H and O–H groups in total. The van der Waals surface area contributed by atoms with E-state index in [1.807, 2.05) is 0 Å². The molecular formula is C14H14N4O3S. The predicted molar refractivity (Wildman–Crippen MR) is 79.5 cm³/mol. The number of β-amino-alcohol motifs (C(OH)–C–C–N with tert-alkyl or cyclic N) is 1. The molecule has 0 radical (unpaired) electrons. The summed E-state index contributed by atoms with van der Waals surface area (Å²) in [6, 6.07) is 6.67. The lowest BCUT2D eigenvalue weighted by atomic mass is 10.1. The molecule has 2 heterocycles. The van der Waals surface area contributed by atoms with Crippen LogP contribution in [0.25, 0.3) is 0 Å². The number of hydrogen-bond acceptors (Lipinski definition) is 6. The number of aryl methyl sites for hydroxylation is 1. The number of thioether (sulfide) groups is 1. The Bertz CT molecular complexity index is 695. The van der Waals surface area contributed by atoms with Gasteiger partial charge in [0.2, 0.25) is 0 Å². The number of hydrogen-bond donors (Lipinski definition) is 1. The second-order valence-corrected chi connectivity index (χ2v) is 5.94. The van der Waals surface area contributed by atoms with Crippen LogP contribution in [0.2, 0.25) is 0 Å². The molecule has 0 aliphatic carbocycles. The zero-order valence-electron chi connectivity index (χ0n) is 11.8. The highest BCUT2D eigenvalue weighted by Crippen LogP contribution is 2.23. The van der Waals surface area contributed by atoms with Gasteiger partial charge in [-0.2, -0.15) is 0 Å². The Kier molecular flexibility index (Phi) is 3.95. The molecule has 0 fully saturated rings. The van der Waals surface area contributed by atoms with Crippen molar-refractivity contribution in [1.82, 2.24) is 19.7 Å². The molecule has 1 aliphatic rings. The van der Waals surface area contributed by atoms with Gasteiger partial charge in [-0.1, -0.05) is 23.9 Å². The number of nitrogens with zero attached hydrogens (tertiary/aromatic N) is 4. The van der Waals surface area contributed by atoms with Crippen molar-refractivity contribution >= 4 is 23.6 Å². The van der Waals surface area contributed by atoms with Gasteiger partial charge in [-0.15, -0.1) is 10.2 Å². The highest BCUT2D eigenvalue weighted by molar-refractivity contribution is 7.99. The second kappa shape index (κ2) is 5.90. The van der Waals surface area contributed by atoms with Gasteiger partial charge >= 0.3 is 0 Å². The largest absolute Gasteiger partial charge is 0.390 e. The number of aliphatic hydroxyl groups excluding tert-OH is 1. The van der Waals surface area contributed by atoms with Gasteiger partial charge in [-0.25, -0.2) is 0 Å². The SMILES string of the molecule is Cn1cnnc1SCC(O)CN1C(=O)c2ccccc2C1=O. The van der Waals surface area contributed by atoms with E-state index in [2.05, 4.69) is 10.2 Å². The average molecular weight is 318 g/mol. The quantitative estimate of drug-likeness (QED) is 0.640. The molecule has 7 nitrogen and oxygen atoms in total. The maximum absolute atomic E-state index is 12.2. The number of aliphatic hydroxyl groups is 1. The summed E-state index contributed by atoms with van der Waals surface area (Å²) >= 11 is 1.32. The van der Waals surface area contributed by atoms with E-state index in [0.717, 1.165) is 4.90 Å². The summed E-state index contributed by atoms with van der Waals surface area (Å²) in [4.78, 5) is 25.5. The van der Waals surface area contributed by atoms with Crippen molar-refractivity contribution in [2.24, 2.45) is 7.05 Å². The van der Waals surface area contributed by atoms with E-state index in [-0.39, 0.29) is 18.4 Å². The molecule has 1 aromatic heterocycles. The summed E-state index contributed by atoms with van der Waals surface area (Å²) in [6.45, 7) is -0.0306. The van der Waals surface area contributed by atoms with E-state index in [1.165, 1.54) is 11.8 Å². The summed E-state index contributed by atoms with van der Waals surface area (Å²) in [7, 11) is 1.80. The van der Waals surface area contributed by atoms with Crippen LogP contribution in [0.3, 0.4) is 0 Å². The summed E-state index contributed by atoms with van der Waals surface area (Å²) in [5, 5.41) is 18.4. The van der Waals surface area contributed by atoms with Crippen molar-refractivity contribution in [2.75, 3.05) is 12.3 Å². The Morgan fingerprint density at radius 1 is 1.23 bits per heavy atom. The van der Waals surface area contributed by atoms with Crippen LogP contribution >= 0.6 is 11.8 Å². The maximum Gasteiger partial charge on any atom is 0.261 e. The average Bonchev–Trinajstić information content (AvgIpc) is 3.03. The molecule has 3 rings (SSSR count). The molecule has 22 heavy (non-hydrogen) atoms. The summed E-state index contributed by atoms with van der Waals surface area (Å²) in [5.41, 5.74) is 0.779. The molecule has 8 heteroatoms. The second-order valence-electron chi connectivity index (χ2n) is 4.96. The molecule has 1 aromatic carbocycles. The number of rotatable bonds is 5. The van der Waals surface area contributed by atoms with Crippen LogP contribution in [-0.4, -0.2) is 55.0 Å². The van der Waals surface area contributed by atoms with Crippen LogP contribution < -0.4 is 0 Å². The first kappa shape index (κ1) is 14.7. The lowest BCUT2D eigenvalue weighted by molar-refractivity contribution is 0.0567. The van der Waals surface area contributed by atoms with Crippen molar-refractivity contribution < 1.29 is 14.7 Å². The minimum atomic E-state index is -0.830. The first-order chi connectivity index (χ1) is 10.6. The van der Waals surface area contributed by atoms with Crippen LogP contribution in [0.1, 0.15) is 20.7 Å². The molecule has 114 valence electrons. The lowest BCUT2D eigenvalue weighted by Crippen LogP contribution is -2.37. The Labute approximate surface area is 130 Å². The van der Waals surface area contributed by atoms with Gasteiger partial charge in [-0.05, 0) is 12.1 Å². The number of benzene rings is 1. The number of imide groups is 1. The minimum Gasteiger partial charge on any atom is -0.390 e. The third kappa shape index (κ3) is 2.62. The van der Waals surface area contributed by atoms with E-state index in [9.17, 15) is 14.7 Å². The standard InChI is InChI=1S/C14H14N4O3S/c1-17-8-15-16-14(17)22-7-9(19)6-18-12(20)10-4-2-3-5-11(10)13(18)21/h2-5,8-9,19H,6-7H2,1H3. The van der Waals surface area contributed by atoms with Crippen molar-refractivity contribution in [3.05, 3.63) is 41.7 Å². The topological polar surface area (TPSA) is 88.3 Å². The number of amides is 2. The van der Waals surface area contributed by atoms with E-state index < -0.39 is 6.10 Å². The highest BCUT2D eigenvalue weighted by Gasteiger charge is 2.36. The number of carbonyl (C=O) groups excluding carboxylic acids is 2. The molecule has 2 aromatic rings. The van der Waals surface area contributed by atoms with Crippen molar-refractivity contribution in [3.63, 3.8) is 0 Å². The number of aromatic nitrogens is 3. The summed E-state index contributed by atoms with van der Waals surface area (Å²) in [5.74, 6) is -0.397. The number of carbonyl (C=O) groups is 2. The van der Waals surface area contributed by atoms with Gasteiger partial charge in [-0.3, -0.25) is 14.5 Å². The van der Waals surface area contributed by atoms with Crippen molar-refractivity contribution in [3.8, 4) is 0 Å². The Hall–Kier alpha value is -2.19. The zero-order chi connectivity index (χ0) is 15.7. The fourth-order valence-electron chi connectivity index (χ4n) is 2.24. The normalized spacial score (nSPS) is 15.3. The molecule has 1 aliphatic heterocycles. The lowest BCUT2D eigenvalue weighted by Gasteiger charge is -2.17. The maximum atomic E-state index is 12.2. The van der Waals surface area contributed by atoms with Crippen LogP contribution in [-0.2, 0) is 7.05 Å². The molecule has 0 spiro atoms. The van der Waals surface area contributed by atoms with Gasteiger partial charge in [0.1, 0.15) is 6.33 Å². The van der Waals surface area contributed by atoms with E-state index in [4.69, 9.17) is 0 Å². The molecule has 0 bridgehead atoms. The molecule has 0 saturated carbocycles. The van der Waals surface area contributed by atoms with Gasteiger partial charge in [0.25, 0.3) is 11.8 Å². The monoisotopic (exact) mass is 318 g/mol. The van der Waals surface area contributed by atoms with Crippen LogP contribution in [0.4, 0.5) is 0 Å². The third-order valence-electron chi connectivity index (χ3n) is 3.35. The Balaban J connectivity index is 1.63.